The Balaban J connectivity index is -0.0000000158. The Hall–Kier alpha value is 1.26. The molecule has 0 N–H and O–H groups in total. The molecule has 0 heterocycles. The van der Waals surface area contributed by atoms with Crippen molar-refractivity contribution >= 4 is 0 Å². The van der Waals surface area contributed by atoms with E-state index in [1.165, 1.54) is 6.42 Å². The molecule has 0 radical (unpaired) electrons. The van der Waals surface area contributed by atoms with Gasteiger partial charge in [-0.25, -0.2) is 0 Å². The van der Waals surface area contributed by atoms with Gasteiger partial charge in [-0.3, -0.25) is 0 Å². The SMILES string of the molecule is C.CC.CC(C)C.CCC.[Ar]. The van der Waals surface area contributed by atoms with Gasteiger partial charge in [0.15, 0.2) is 0 Å². The molecule has 0 rings (SSSR count). The van der Waals surface area contributed by atoms with Crippen LogP contribution in [0.25, 0.3) is 0 Å². The third-order valence-corrected chi connectivity index (χ3v) is 0. The van der Waals surface area contributed by atoms with E-state index in [-0.39, 0.29) is 45.2 Å². The number of hydrogen-bond acceptors (Lipinski definition) is 0. The van der Waals surface area contributed by atoms with Crippen molar-refractivity contribution < 1.29 is 37.7 Å². The second-order valence-electron chi connectivity index (χ2n) is 2.44. The van der Waals surface area contributed by atoms with Crippen molar-refractivity contribution in [1.82, 2.24) is 0 Å². The second kappa shape index (κ2) is 42.8. The molecule has 0 aliphatic carbocycles. The summed E-state index contributed by atoms with van der Waals surface area (Å²) in [5.74, 6) is 0.833. The molecule has 0 bridgehead atoms. The van der Waals surface area contributed by atoms with Crippen LogP contribution in [-0.4, -0.2) is 0 Å². The topological polar surface area (TPSA) is 0 Å². The second-order valence-corrected chi connectivity index (χ2v) is 2.44. The van der Waals surface area contributed by atoms with Gasteiger partial charge in [0.25, 0.3) is 0 Å². The van der Waals surface area contributed by atoms with E-state index in [1.54, 1.807) is 0 Å². The molecule has 0 aromatic rings. The van der Waals surface area contributed by atoms with Crippen molar-refractivity contribution in [2.24, 2.45) is 5.92 Å². The van der Waals surface area contributed by atoms with Crippen molar-refractivity contribution in [1.29, 1.82) is 0 Å². The zero-order valence-corrected chi connectivity index (χ0v) is 9.35. The van der Waals surface area contributed by atoms with Gasteiger partial charge >= 0.3 is 0 Å². The first-order valence-corrected chi connectivity index (χ1v) is 4.15. The van der Waals surface area contributed by atoms with Gasteiger partial charge in [-0.2, -0.15) is 0 Å². The number of hydrogen-bond donors (Lipinski definition) is 0. The minimum absolute atomic E-state index is 0. The van der Waals surface area contributed by atoms with Gasteiger partial charge in [-0.15, -0.1) is 0 Å². The minimum atomic E-state index is 0. The summed E-state index contributed by atoms with van der Waals surface area (Å²) in [6.45, 7) is 14.7. The Kier molecular flexibility index (Phi) is 115. The Labute approximate surface area is 105 Å². The third-order valence-electron chi connectivity index (χ3n) is 0. The molecular weight excluding hydrogens is 160 g/mol. The molecule has 0 fully saturated rings. The Morgan fingerprint density at radius 2 is 0.909 bits per heavy atom. The Bertz CT molecular complexity index is 16.1. The van der Waals surface area contributed by atoms with Crippen LogP contribution in [-0.2, 0) is 0 Å². The monoisotopic (exact) mass is 188 g/mol. The fourth-order valence-corrected chi connectivity index (χ4v) is 0. The largest absolute Gasteiger partial charge is 0.0776 e. The van der Waals surface area contributed by atoms with Crippen molar-refractivity contribution in [3.8, 4) is 0 Å². The van der Waals surface area contributed by atoms with Crippen LogP contribution >= 0.6 is 0 Å². The third kappa shape index (κ3) is 608. The quantitative estimate of drug-likeness (QED) is 0.515. The standard InChI is InChI=1S/C4H10.C3H8.C2H6.CH4.Ar/c1-4(2)3;1-3-2;1-2;;/h4H,1-3H3;3H2,1-2H3;1-2H3;1H4;. The van der Waals surface area contributed by atoms with Crippen LogP contribution in [0.3, 0.4) is 0 Å². The smallest absolute Gasteiger partial charge is 0 e. The molecule has 0 aromatic heterocycles. The molecule has 0 saturated heterocycles. The first-order chi connectivity index (χ1) is 4.15. The first-order valence-electron chi connectivity index (χ1n) is 4.15. The van der Waals surface area contributed by atoms with Crippen molar-refractivity contribution in [2.45, 2.75) is 62.3 Å². The van der Waals surface area contributed by atoms with Crippen LogP contribution in [0.15, 0.2) is 0 Å². The maximum Gasteiger partial charge on any atom is 0 e. The van der Waals surface area contributed by atoms with E-state index in [1.807, 2.05) is 13.8 Å². The molecule has 0 aliphatic heterocycles. The van der Waals surface area contributed by atoms with Crippen molar-refractivity contribution in [3.63, 3.8) is 0 Å². The average molecular weight is 188 g/mol. The molecule has 0 aliphatic rings. The molecule has 0 unspecified atom stereocenters. The predicted octanol–water partition coefficient (Wildman–Crippen LogP) is 4.74. The fraction of sp³-hybridized carbons (Fsp3) is 1.00. The summed E-state index contributed by atoms with van der Waals surface area (Å²) in [5, 5.41) is 0. The van der Waals surface area contributed by atoms with E-state index in [0.717, 1.165) is 5.92 Å². The van der Waals surface area contributed by atoms with E-state index in [2.05, 4.69) is 34.6 Å². The van der Waals surface area contributed by atoms with E-state index in [0.29, 0.717) is 0 Å². The van der Waals surface area contributed by atoms with Gasteiger partial charge in [0, 0.05) is 37.7 Å². The summed E-state index contributed by atoms with van der Waals surface area (Å²) in [6, 6.07) is 0. The summed E-state index contributed by atoms with van der Waals surface area (Å²) in [6.07, 6.45) is 1.25. The van der Waals surface area contributed by atoms with Crippen LogP contribution in [0, 0.1) is 43.7 Å². The molecule has 11 heavy (non-hydrogen) atoms. The van der Waals surface area contributed by atoms with Gasteiger partial charge in [0.1, 0.15) is 0 Å². The molecule has 76 valence electrons. The summed E-state index contributed by atoms with van der Waals surface area (Å²) in [5.41, 5.74) is 0. The van der Waals surface area contributed by atoms with Crippen LogP contribution in [0.1, 0.15) is 62.3 Å². The normalized spacial score (nSPS) is 5.45. The van der Waals surface area contributed by atoms with Crippen molar-refractivity contribution in [3.05, 3.63) is 0 Å². The van der Waals surface area contributed by atoms with E-state index in [4.69, 9.17) is 0 Å². The first kappa shape index (κ1) is 29.5. The molecular formula is C10H28Ar. The van der Waals surface area contributed by atoms with E-state index < -0.39 is 0 Å². The van der Waals surface area contributed by atoms with Crippen LogP contribution in [0.2, 0.25) is 0 Å². The number of rotatable bonds is 0. The van der Waals surface area contributed by atoms with Gasteiger partial charge < -0.3 is 0 Å². The summed E-state index contributed by atoms with van der Waals surface area (Å²) < 4.78 is 0. The van der Waals surface area contributed by atoms with Crippen LogP contribution in [0.4, 0.5) is 0 Å². The molecule has 0 saturated carbocycles. The molecule has 0 spiro atoms. The van der Waals surface area contributed by atoms with Crippen LogP contribution < -0.4 is 0 Å². The molecule has 0 nitrogen and oxygen atoms in total. The molecule has 0 aromatic carbocycles. The van der Waals surface area contributed by atoms with Gasteiger partial charge in [0.2, 0.25) is 0 Å². The minimum Gasteiger partial charge on any atom is -0.0776 e. The summed E-state index contributed by atoms with van der Waals surface area (Å²) >= 11 is 0. The van der Waals surface area contributed by atoms with E-state index >= 15 is 0 Å². The summed E-state index contributed by atoms with van der Waals surface area (Å²) in [4.78, 5) is 0. The zero-order valence-electron chi connectivity index (χ0n) is 8.64. The maximum atomic E-state index is 2.17. The fourth-order valence-electron chi connectivity index (χ4n) is 0. The Morgan fingerprint density at radius 3 is 0.909 bits per heavy atom. The van der Waals surface area contributed by atoms with E-state index in [9.17, 15) is 0 Å². The summed E-state index contributed by atoms with van der Waals surface area (Å²) in [7, 11) is 0. The molecule has 0 amide bonds. The average Bonchev–Trinajstić information content (AvgIpc) is 1.71. The molecule has 1 heteroatoms. The maximum absolute atomic E-state index is 2.17. The zero-order chi connectivity index (χ0) is 8.28. The predicted molar refractivity (Wildman–Crippen MR) is 54.6 cm³/mol. The van der Waals surface area contributed by atoms with Crippen molar-refractivity contribution in [2.75, 3.05) is 0 Å². The Morgan fingerprint density at radius 1 is 0.909 bits per heavy atom. The van der Waals surface area contributed by atoms with Gasteiger partial charge in [-0.1, -0.05) is 62.3 Å². The van der Waals surface area contributed by atoms with Gasteiger partial charge in [-0.05, 0) is 5.92 Å². The van der Waals surface area contributed by atoms with Crippen LogP contribution in [0.5, 0.6) is 0 Å². The van der Waals surface area contributed by atoms with Gasteiger partial charge in [0.05, 0.1) is 0 Å². The molecule has 0 atom stereocenters.